The van der Waals surface area contributed by atoms with Crippen LogP contribution in [0.4, 0.5) is 0 Å². The molecule has 0 aliphatic carbocycles. The highest BCUT2D eigenvalue weighted by Crippen LogP contribution is 2.49. The maximum Gasteiger partial charge on any atom is 0.243 e. The van der Waals surface area contributed by atoms with Gasteiger partial charge < -0.3 is 0 Å². The second-order valence-electron chi connectivity index (χ2n) is 6.83. The van der Waals surface area contributed by atoms with E-state index in [1.54, 1.807) is 28.6 Å². The van der Waals surface area contributed by atoms with Gasteiger partial charge in [-0.25, -0.2) is 13.4 Å². The van der Waals surface area contributed by atoms with Crippen LogP contribution in [0.25, 0.3) is 0 Å². The Hall–Kier alpha value is -1.14. The molecule has 0 saturated carbocycles. The number of nitrogens with zero attached hydrogens (tertiary/aromatic N) is 2. The molecule has 1 aromatic carbocycles. The quantitative estimate of drug-likeness (QED) is 0.721. The second-order valence-corrected chi connectivity index (χ2v) is 9.45. The minimum atomic E-state index is -3.50. The molecule has 1 aromatic heterocycles. The highest BCUT2D eigenvalue weighted by molar-refractivity contribution is 7.89. The summed E-state index contributed by atoms with van der Waals surface area (Å²) in [5.74, 6) is 0.108. The molecule has 25 heavy (non-hydrogen) atoms. The fourth-order valence-electron chi connectivity index (χ4n) is 4.20. The van der Waals surface area contributed by atoms with Gasteiger partial charge in [-0.15, -0.1) is 0 Å². The zero-order valence-corrected chi connectivity index (χ0v) is 16.0. The minimum absolute atomic E-state index is 0.0343. The van der Waals surface area contributed by atoms with E-state index in [-0.39, 0.29) is 18.0 Å². The Labute approximate surface area is 157 Å². The van der Waals surface area contributed by atoms with Gasteiger partial charge in [-0.1, -0.05) is 40.9 Å². The molecule has 2 bridgehead atoms. The number of aryl methyl sites for hydroxylation is 1. The topological polar surface area (TPSA) is 50.3 Å². The van der Waals surface area contributed by atoms with Gasteiger partial charge in [0.25, 0.3) is 0 Å². The first kappa shape index (κ1) is 17.3. The van der Waals surface area contributed by atoms with Gasteiger partial charge in [0, 0.05) is 18.0 Å². The predicted octanol–water partition coefficient (Wildman–Crippen LogP) is 4.41. The number of benzene rings is 1. The van der Waals surface area contributed by atoms with Crippen LogP contribution < -0.4 is 0 Å². The van der Waals surface area contributed by atoms with Crippen LogP contribution in [-0.4, -0.2) is 29.8 Å². The van der Waals surface area contributed by atoms with E-state index in [0.717, 1.165) is 30.4 Å². The SMILES string of the molecule is Cc1ccc(S(=O)(=O)N2[C@H]3CC[C@@H]2[C@@H](c2cc(Cl)nc(Cl)c2)C3)cc1. The van der Waals surface area contributed by atoms with Gasteiger partial charge in [-0.05, 0) is 56.0 Å². The van der Waals surface area contributed by atoms with Gasteiger partial charge in [-0.3, -0.25) is 0 Å². The lowest BCUT2D eigenvalue weighted by Crippen LogP contribution is -2.36. The third kappa shape index (κ3) is 2.97. The van der Waals surface area contributed by atoms with Crippen molar-refractivity contribution in [1.82, 2.24) is 9.29 Å². The summed E-state index contributed by atoms with van der Waals surface area (Å²) >= 11 is 12.1. The molecule has 132 valence electrons. The van der Waals surface area contributed by atoms with E-state index in [0.29, 0.717) is 15.2 Å². The van der Waals surface area contributed by atoms with E-state index in [4.69, 9.17) is 23.2 Å². The number of pyridine rings is 1. The van der Waals surface area contributed by atoms with Crippen LogP contribution in [0.1, 0.15) is 36.3 Å². The molecule has 4 rings (SSSR count). The molecule has 0 unspecified atom stereocenters. The largest absolute Gasteiger partial charge is 0.243 e. The number of fused-ring (bicyclic) bond motifs is 2. The molecular formula is C18H18Cl2N2O2S. The number of aromatic nitrogens is 1. The Bertz CT molecular complexity index is 895. The van der Waals surface area contributed by atoms with Gasteiger partial charge in [0.05, 0.1) is 4.90 Å². The molecule has 3 heterocycles. The van der Waals surface area contributed by atoms with Crippen LogP contribution in [0.15, 0.2) is 41.3 Å². The van der Waals surface area contributed by atoms with E-state index >= 15 is 0 Å². The highest BCUT2D eigenvalue weighted by atomic mass is 35.5. The van der Waals surface area contributed by atoms with Gasteiger partial charge in [0.1, 0.15) is 10.3 Å². The maximum absolute atomic E-state index is 13.2. The highest BCUT2D eigenvalue weighted by Gasteiger charge is 2.52. The van der Waals surface area contributed by atoms with Crippen molar-refractivity contribution in [3.63, 3.8) is 0 Å². The molecule has 7 heteroatoms. The monoisotopic (exact) mass is 396 g/mol. The molecule has 2 saturated heterocycles. The molecule has 2 aliphatic heterocycles. The van der Waals surface area contributed by atoms with Crippen LogP contribution in [0.2, 0.25) is 10.3 Å². The molecule has 3 atom stereocenters. The van der Waals surface area contributed by atoms with Crippen LogP contribution >= 0.6 is 23.2 Å². The Balaban J connectivity index is 1.69. The lowest BCUT2D eigenvalue weighted by molar-refractivity contribution is 0.388. The molecule has 2 fully saturated rings. The van der Waals surface area contributed by atoms with Crippen molar-refractivity contribution in [3.8, 4) is 0 Å². The Morgan fingerprint density at radius 1 is 1.08 bits per heavy atom. The predicted molar refractivity (Wildman–Crippen MR) is 98.6 cm³/mol. The molecule has 4 nitrogen and oxygen atoms in total. The van der Waals surface area contributed by atoms with Gasteiger partial charge in [0.15, 0.2) is 0 Å². The summed E-state index contributed by atoms with van der Waals surface area (Å²) in [6.07, 6.45) is 2.56. The first-order chi connectivity index (χ1) is 11.9. The normalized spacial score (nSPS) is 26.3. The van der Waals surface area contributed by atoms with Crippen molar-refractivity contribution in [2.24, 2.45) is 0 Å². The van der Waals surface area contributed by atoms with Crippen LogP contribution in [0.5, 0.6) is 0 Å². The fourth-order valence-corrected chi connectivity index (χ4v) is 6.59. The second kappa shape index (κ2) is 6.23. The lowest BCUT2D eigenvalue weighted by atomic mass is 9.84. The van der Waals surface area contributed by atoms with Crippen molar-refractivity contribution in [1.29, 1.82) is 0 Å². The van der Waals surface area contributed by atoms with E-state index in [1.807, 2.05) is 19.1 Å². The number of hydrogen-bond donors (Lipinski definition) is 0. The third-order valence-corrected chi connectivity index (χ3v) is 7.66. The fraction of sp³-hybridized carbons (Fsp3) is 0.389. The summed E-state index contributed by atoms with van der Waals surface area (Å²) in [6, 6.07) is 10.6. The van der Waals surface area contributed by atoms with E-state index in [2.05, 4.69) is 4.98 Å². The van der Waals surface area contributed by atoms with E-state index < -0.39 is 10.0 Å². The Kier molecular flexibility index (Phi) is 4.31. The summed E-state index contributed by atoms with van der Waals surface area (Å²) in [7, 11) is -3.50. The summed E-state index contributed by atoms with van der Waals surface area (Å²) in [5.41, 5.74) is 2.02. The number of hydrogen-bond acceptors (Lipinski definition) is 3. The zero-order valence-electron chi connectivity index (χ0n) is 13.7. The van der Waals surface area contributed by atoms with Crippen molar-refractivity contribution < 1.29 is 8.42 Å². The van der Waals surface area contributed by atoms with Crippen LogP contribution in [0.3, 0.4) is 0 Å². The molecule has 0 radical (unpaired) electrons. The number of sulfonamides is 1. The van der Waals surface area contributed by atoms with Crippen molar-refractivity contribution >= 4 is 33.2 Å². The van der Waals surface area contributed by atoms with Gasteiger partial charge in [-0.2, -0.15) is 4.31 Å². The smallest absolute Gasteiger partial charge is 0.224 e. The maximum atomic E-state index is 13.2. The van der Waals surface area contributed by atoms with Crippen LogP contribution in [0, 0.1) is 6.92 Å². The first-order valence-corrected chi connectivity index (χ1v) is 10.5. The van der Waals surface area contributed by atoms with Gasteiger partial charge in [0.2, 0.25) is 10.0 Å². The van der Waals surface area contributed by atoms with Crippen molar-refractivity contribution in [2.45, 2.75) is 49.1 Å². The van der Waals surface area contributed by atoms with Crippen molar-refractivity contribution in [3.05, 3.63) is 57.8 Å². The third-order valence-electron chi connectivity index (χ3n) is 5.28. The molecule has 2 aromatic rings. The zero-order chi connectivity index (χ0) is 17.8. The molecule has 0 spiro atoms. The summed E-state index contributed by atoms with van der Waals surface area (Å²) in [6.45, 7) is 1.95. The van der Waals surface area contributed by atoms with Gasteiger partial charge >= 0.3 is 0 Å². The molecule has 0 amide bonds. The minimum Gasteiger partial charge on any atom is -0.224 e. The average Bonchev–Trinajstić information content (AvgIpc) is 3.13. The summed E-state index contributed by atoms with van der Waals surface area (Å²) < 4.78 is 28.1. The average molecular weight is 397 g/mol. The lowest BCUT2D eigenvalue weighted by Gasteiger charge is -2.24. The summed E-state index contributed by atoms with van der Waals surface area (Å²) in [5, 5.41) is 0.691. The Morgan fingerprint density at radius 3 is 2.36 bits per heavy atom. The van der Waals surface area contributed by atoms with E-state index in [1.165, 1.54) is 0 Å². The molecular weight excluding hydrogens is 379 g/mol. The standard InChI is InChI=1S/C18H18Cl2N2O2S/c1-11-2-5-14(6-3-11)25(23,24)22-13-4-7-16(22)15(10-13)12-8-17(19)21-18(20)9-12/h2-3,5-6,8-9,13,15-16H,4,7,10H2,1H3/t13-,15+,16+/m0/s1. The van der Waals surface area contributed by atoms with Crippen LogP contribution in [-0.2, 0) is 10.0 Å². The molecule has 2 aliphatic rings. The first-order valence-electron chi connectivity index (χ1n) is 8.29. The summed E-state index contributed by atoms with van der Waals surface area (Å²) in [4.78, 5) is 4.35. The Morgan fingerprint density at radius 2 is 1.72 bits per heavy atom. The number of rotatable bonds is 3. The van der Waals surface area contributed by atoms with E-state index in [9.17, 15) is 8.42 Å². The molecule has 0 N–H and O–H groups in total. The van der Waals surface area contributed by atoms with Crippen molar-refractivity contribution in [2.75, 3.05) is 0 Å². The number of halogens is 2.